The third-order valence-corrected chi connectivity index (χ3v) is 5.32. The van der Waals surface area contributed by atoms with Crippen LogP contribution in [0.5, 0.6) is 17.2 Å². The van der Waals surface area contributed by atoms with Gasteiger partial charge in [0.05, 0.1) is 0 Å². The Morgan fingerprint density at radius 2 is 1.15 bits per heavy atom. The summed E-state index contributed by atoms with van der Waals surface area (Å²) in [7, 11) is 0. The largest absolute Gasteiger partial charge is 0.508 e. The molecule has 3 nitrogen and oxygen atoms in total. The molecule has 3 aromatic carbocycles. The molecule has 0 heterocycles. The minimum atomic E-state index is 0.284. The molecule has 0 fully saturated rings. The maximum Gasteiger partial charge on any atom is 0.122 e. The lowest BCUT2D eigenvalue weighted by molar-refractivity contribution is 0.462. The number of hydrogen-bond donors (Lipinski definition) is 3. The van der Waals surface area contributed by atoms with E-state index < -0.39 is 0 Å². The van der Waals surface area contributed by atoms with E-state index >= 15 is 0 Å². The molecule has 3 heteroatoms. The molecular formula is C24H26O3. The van der Waals surface area contributed by atoms with Gasteiger partial charge in [0.25, 0.3) is 0 Å². The molecule has 27 heavy (non-hydrogen) atoms. The van der Waals surface area contributed by atoms with E-state index in [0.29, 0.717) is 18.6 Å². The molecule has 3 rings (SSSR count). The first-order valence-electron chi connectivity index (χ1n) is 9.14. The Kier molecular flexibility index (Phi) is 5.13. The van der Waals surface area contributed by atoms with E-state index in [2.05, 4.69) is 6.92 Å². The number of hydrogen-bond acceptors (Lipinski definition) is 3. The quantitative estimate of drug-likeness (QED) is 0.596. The zero-order valence-electron chi connectivity index (χ0n) is 16.3. The molecule has 140 valence electrons. The molecule has 3 aromatic rings. The van der Waals surface area contributed by atoms with Crippen LogP contribution in [0.15, 0.2) is 42.5 Å². The van der Waals surface area contributed by atoms with Gasteiger partial charge in [-0.1, -0.05) is 30.3 Å². The van der Waals surface area contributed by atoms with Gasteiger partial charge in [-0.3, -0.25) is 0 Å². The summed E-state index contributed by atoms with van der Waals surface area (Å²) >= 11 is 0. The van der Waals surface area contributed by atoms with Crippen molar-refractivity contribution in [1.29, 1.82) is 0 Å². The molecule has 0 radical (unpaired) electrons. The Morgan fingerprint density at radius 1 is 0.630 bits per heavy atom. The molecular weight excluding hydrogens is 336 g/mol. The predicted octanol–water partition coefficient (Wildman–Crippen LogP) is 5.22. The predicted molar refractivity (Wildman–Crippen MR) is 109 cm³/mol. The van der Waals surface area contributed by atoms with Crippen LogP contribution in [-0.4, -0.2) is 15.3 Å². The number of benzene rings is 3. The molecule has 0 aliphatic heterocycles. The van der Waals surface area contributed by atoms with Crippen molar-refractivity contribution in [2.24, 2.45) is 0 Å². The standard InChI is InChI=1S/C24H26O3/c1-14-11-20(12-18-5-7-22(25)15(2)9-18)24(27)21(17(14)4)13-19-6-8-23(26)16(3)10-19/h5-11,25-27H,12-13H2,1-4H3. The number of aryl methyl sites for hydroxylation is 3. The molecule has 0 amide bonds. The van der Waals surface area contributed by atoms with Gasteiger partial charge in [0.15, 0.2) is 0 Å². The van der Waals surface area contributed by atoms with E-state index in [1.165, 1.54) is 0 Å². The van der Waals surface area contributed by atoms with E-state index in [4.69, 9.17) is 0 Å². The van der Waals surface area contributed by atoms with Crippen LogP contribution in [0.2, 0.25) is 0 Å². The van der Waals surface area contributed by atoms with Crippen LogP contribution in [0, 0.1) is 27.7 Å². The Bertz CT molecular complexity index is 1000. The Labute approximate surface area is 160 Å². The number of aromatic hydroxyl groups is 3. The van der Waals surface area contributed by atoms with Crippen molar-refractivity contribution in [3.05, 3.63) is 87.0 Å². The average molecular weight is 362 g/mol. The van der Waals surface area contributed by atoms with Crippen LogP contribution < -0.4 is 0 Å². The summed E-state index contributed by atoms with van der Waals surface area (Å²) in [6.07, 6.45) is 1.22. The second-order valence-corrected chi connectivity index (χ2v) is 7.40. The van der Waals surface area contributed by atoms with Gasteiger partial charge in [-0.05, 0) is 78.8 Å². The SMILES string of the molecule is Cc1cc(Cc2cc(C)c(C)c(Cc3ccc(O)c(C)c3)c2O)ccc1O. The highest BCUT2D eigenvalue weighted by Crippen LogP contribution is 2.33. The fraction of sp³-hybridized carbons (Fsp3) is 0.250. The van der Waals surface area contributed by atoms with Crippen molar-refractivity contribution >= 4 is 0 Å². The summed E-state index contributed by atoms with van der Waals surface area (Å²) in [4.78, 5) is 0. The highest BCUT2D eigenvalue weighted by Gasteiger charge is 2.15. The lowest BCUT2D eigenvalue weighted by Crippen LogP contribution is -2.00. The third kappa shape index (κ3) is 3.92. The summed E-state index contributed by atoms with van der Waals surface area (Å²) in [5, 5.41) is 30.4. The van der Waals surface area contributed by atoms with Gasteiger partial charge in [0.2, 0.25) is 0 Å². The molecule has 0 atom stereocenters. The van der Waals surface area contributed by atoms with Crippen LogP contribution in [0.1, 0.15) is 44.5 Å². The molecule has 3 N–H and O–H groups in total. The van der Waals surface area contributed by atoms with Crippen LogP contribution in [0.25, 0.3) is 0 Å². The summed E-state index contributed by atoms with van der Waals surface area (Å²) in [6, 6.07) is 13.1. The van der Waals surface area contributed by atoms with Crippen LogP contribution in [-0.2, 0) is 12.8 Å². The molecule has 0 unspecified atom stereocenters. The van der Waals surface area contributed by atoms with Gasteiger partial charge >= 0.3 is 0 Å². The Balaban J connectivity index is 1.99. The highest BCUT2D eigenvalue weighted by molar-refractivity contribution is 5.53. The minimum Gasteiger partial charge on any atom is -0.508 e. The average Bonchev–Trinajstić information content (AvgIpc) is 2.62. The molecule has 0 bridgehead atoms. The monoisotopic (exact) mass is 362 g/mol. The summed E-state index contributed by atoms with van der Waals surface area (Å²) in [5.74, 6) is 0.897. The van der Waals surface area contributed by atoms with Crippen molar-refractivity contribution in [3.63, 3.8) is 0 Å². The van der Waals surface area contributed by atoms with Gasteiger partial charge in [0, 0.05) is 18.4 Å². The van der Waals surface area contributed by atoms with Crippen molar-refractivity contribution in [2.75, 3.05) is 0 Å². The van der Waals surface area contributed by atoms with E-state index in [1.807, 2.05) is 51.1 Å². The molecule has 0 saturated carbocycles. The zero-order valence-corrected chi connectivity index (χ0v) is 16.3. The van der Waals surface area contributed by atoms with Crippen LogP contribution >= 0.6 is 0 Å². The van der Waals surface area contributed by atoms with E-state index in [0.717, 1.165) is 44.5 Å². The molecule has 0 aliphatic carbocycles. The van der Waals surface area contributed by atoms with Gasteiger partial charge in [0.1, 0.15) is 17.2 Å². The fourth-order valence-corrected chi connectivity index (χ4v) is 3.48. The maximum absolute atomic E-state index is 11.0. The van der Waals surface area contributed by atoms with Gasteiger partial charge in [-0.25, -0.2) is 0 Å². The number of phenols is 3. The second-order valence-electron chi connectivity index (χ2n) is 7.40. The van der Waals surface area contributed by atoms with Gasteiger partial charge < -0.3 is 15.3 Å². The zero-order chi connectivity index (χ0) is 19.7. The summed E-state index contributed by atoms with van der Waals surface area (Å²) in [6.45, 7) is 7.84. The topological polar surface area (TPSA) is 60.7 Å². The minimum absolute atomic E-state index is 0.284. The normalized spacial score (nSPS) is 11.0. The van der Waals surface area contributed by atoms with Crippen molar-refractivity contribution < 1.29 is 15.3 Å². The molecule has 0 aromatic heterocycles. The fourth-order valence-electron chi connectivity index (χ4n) is 3.48. The lowest BCUT2D eigenvalue weighted by Gasteiger charge is -2.17. The van der Waals surface area contributed by atoms with Gasteiger partial charge in [-0.2, -0.15) is 0 Å². The number of phenolic OH excluding ortho intramolecular Hbond substituents is 3. The first-order chi connectivity index (χ1) is 12.8. The Hall–Kier alpha value is -2.94. The smallest absolute Gasteiger partial charge is 0.122 e. The van der Waals surface area contributed by atoms with Crippen LogP contribution in [0.4, 0.5) is 0 Å². The third-order valence-electron chi connectivity index (χ3n) is 5.32. The van der Waals surface area contributed by atoms with Crippen molar-refractivity contribution in [3.8, 4) is 17.2 Å². The lowest BCUT2D eigenvalue weighted by atomic mass is 9.90. The molecule has 0 spiro atoms. The van der Waals surface area contributed by atoms with Crippen LogP contribution in [0.3, 0.4) is 0 Å². The Morgan fingerprint density at radius 3 is 1.67 bits per heavy atom. The second kappa shape index (κ2) is 7.36. The van der Waals surface area contributed by atoms with E-state index in [9.17, 15) is 15.3 Å². The summed E-state index contributed by atoms with van der Waals surface area (Å²) in [5.41, 5.74) is 7.80. The molecule has 0 aliphatic rings. The first kappa shape index (κ1) is 18.8. The van der Waals surface area contributed by atoms with Crippen molar-refractivity contribution in [2.45, 2.75) is 40.5 Å². The summed E-state index contributed by atoms with van der Waals surface area (Å²) < 4.78 is 0. The first-order valence-corrected chi connectivity index (χ1v) is 9.14. The number of rotatable bonds is 4. The van der Waals surface area contributed by atoms with Gasteiger partial charge in [-0.15, -0.1) is 0 Å². The highest BCUT2D eigenvalue weighted by atomic mass is 16.3. The van der Waals surface area contributed by atoms with E-state index in [-0.39, 0.29) is 11.5 Å². The van der Waals surface area contributed by atoms with Crippen molar-refractivity contribution in [1.82, 2.24) is 0 Å². The maximum atomic E-state index is 11.0. The van der Waals surface area contributed by atoms with E-state index in [1.54, 1.807) is 12.1 Å². The molecule has 0 saturated heterocycles.